The van der Waals surface area contributed by atoms with Gasteiger partial charge in [0, 0.05) is 18.7 Å². The zero-order valence-corrected chi connectivity index (χ0v) is 15.4. The van der Waals surface area contributed by atoms with E-state index < -0.39 is 5.97 Å². The lowest BCUT2D eigenvalue weighted by molar-refractivity contribution is -0.136. The second-order valence-corrected chi connectivity index (χ2v) is 5.04. The number of hydrogen-bond donors (Lipinski definition) is 1. The van der Waals surface area contributed by atoms with Crippen LogP contribution in [-0.2, 0) is 9.53 Å². The molecule has 9 nitrogen and oxygen atoms in total. The smallest absolute Gasteiger partial charge is 0.364 e. The van der Waals surface area contributed by atoms with Crippen LogP contribution in [0.3, 0.4) is 0 Å². The van der Waals surface area contributed by atoms with Crippen molar-refractivity contribution in [2.75, 3.05) is 28.4 Å². The molecule has 2 aromatic rings. The minimum absolute atomic E-state index is 0.217. The van der Waals surface area contributed by atoms with Gasteiger partial charge in [-0.3, -0.25) is 0 Å². The van der Waals surface area contributed by atoms with Gasteiger partial charge < -0.3 is 24.7 Å². The number of nitrogens with zero attached hydrogens (tertiary/aromatic N) is 3. The first kappa shape index (κ1) is 19.7. The topological polar surface area (TPSA) is 118 Å². The molecule has 0 aliphatic rings. The van der Waals surface area contributed by atoms with Crippen molar-refractivity contribution in [1.82, 2.24) is 4.98 Å². The van der Waals surface area contributed by atoms with Crippen molar-refractivity contribution in [3.8, 4) is 28.6 Å². The van der Waals surface area contributed by atoms with Gasteiger partial charge in [-0.15, -0.1) is 5.11 Å². The standard InChI is InChI=1S/C18H20N4O5/c1-20-22-15(18(23)26-4)16(19)27-12-7-5-11(6-8-12)13-9-10-14(24-2)21-17(13)25-3/h5-10H,19H2,1-4H3/b16-15+,22-20?. The molecule has 142 valence electrons. The van der Waals surface area contributed by atoms with Crippen LogP contribution in [0.25, 0.3) is 11.1 Å². The van der Waals surface area contributed by atoms with Crippen LogP contribution in [0.2, 0.25) is 0 Å². The zero-order valence-electron chi connectivity index (χ0n) is 15.4. The largest absolute Gasteiger partial charge is 0.481 e. The number of carbonyl (C=O) groups is 1. The van der Waals surface area contributed by atoms with E-state index in [-0.39, 0.29) is 11.6 Å². The third kappa shape index (κ3) is 4.72. The summed E-state index contributed by atoms with van der Waals surface area (Å²) in [6.07, 6.45) is 0. The van der Waals surface area contributed by atoms with Crippen LogP contribution >= 0.6 is 0 Å². The normalized spacial score (nSPS) is 11.7. The molecule has 0 fully saturated rings. The number of hydrogen-bond acceptors (Lipinski definition) is 9. The molecule has 0 saturated heterocycles. The average molecular weight is 372 g/mol. The van der Waals surface area contributed by atoms with E-state index in [1.54, 1.807) is 30.3 Å². The van der Waals surface area contributed by atoms with Crippen LogP contribution < -0.4 is 19.9 Å². The second-order valence-electron chi connectivity index (χ2n) is 5.04. The molecule has 1 heterocycles. The second kappa shape index (κ2) is 9.18. The number of aromatic nitrogens is 1. The summed E-state index contributed by atoms with van der Waals surface area (Å²) in [6, 6.07) is 10.5. The number of azo groups is 1. The summed E-state index contributed by atoms with van der Waals surface area (Å²) in [7, 11) is 5.68. The predicted octanol–water partition coefficient (Wildman–Crippen LogP) is 2.53. The minimum atomic E-state index is -0.747. The van der Waals surface area contributed by atoms with Crippen LogP contribution in [0.4, 0.5) is 0 Å². The van der Waals surface area contributed by atoms with Crippen LogP contribution in [-0.4, -0.2) is 39.3 Å². The maximum atomic E-state index is 11.7. The van der Waals surface area contributed by atoms with E-state index in [4.69, 9.17) is 19.9 Å². The molecule has 0 radical (unpaired) electrons. The van der Waals surface area contributed by atoms with Crippen LogP contribution in [0.5, 0.6) is 17.5 Å². The van der Waals surface area contributed by atoms with Gasteiger partial charge in [0.05, 0.1) is 21.3 Å². The monoisotopic (exact) mass is 372 g/mol. The van der Waals surface area contributed by atoms with Crippen molar-refractivity contribution in [2.24, 2.45) is 16.0 Å². The highest BCUT2D eigenvalue weighted by molar-refractivity contribution is 5.88. The summed E-state index contributed by atoms with van der Waals surface area (Å²) in [5, 5.41) is 7.17. The number of nitrogens with two attached hydrogens (primary N) is 1. The van der Waals surface area contributed by atoms with Gasteiger partial charge in [-0.05, 0) is 23.8 Å². The Kier molecular flexibility index (Phi) is 6.70. The first-order valence-electron chi connectivity index (χ1n) is 7.79. The summed E-state index contributed by atoms with van der Waals surface area (Å²) in [4.78, 5) is 15.9. The quantitative estimate of drug-likeness (QED) is 0.343. The highest BCUT2D eigenvalue weighted by atomic mass is 16.5. The maximum Gasteiger partial charge on any atom is 0.364 e. The fourth-order valence-electron chi connectivity index (χ4n) is 2.18. The molecule has 0 aliphatic heterocycles. The van der Waals surface area contributed by atoms with Crippen LogP contribution in [0.1, 0.15) is 0 Å². The third-order valence-corrected chi connectivity index (χ3v) is 3.44. The van der Waals surface area contributed by atoms with Gasteiger partial charge in [0.15, 0.2) is 0 Å². The van der Waals surface area contributed by atoms with E-state index in [9.17, 15) is 4.79 Å². The number of methoxy groups -OCH3 is 3. The Morgan fingerprint density at radius 2 is 1.74 bits per heavy atom. The van der Waals surface area contributed by atoms with E-state index in [1.807, 2.05) is 6.07 Å². The third-order valence-electron chi connectivity index (χ3n) is 3.44. The molecule has 1 aromatic heterocycles. The van der Waals surface area contributed by atoms with E-state index in [0.717, 1.165) is 11.1 Å². The highest BCUT2D eigenvalue weighted by Crippen LogP contribution is 2.31. The molecule has 0 spiro atoms. The fraction of sp³-hybridized carbons (Fsp3) is 0.222. The van der Waals surface area contributed by atoms with Crippen molar-refractivity contribution in [3.05, 3.63) is 48.0 Å². The van der Waals surface area contributed by atoms with Crippen molar-refractivity contribution in [1.29, 1.82) is 0 Å². The minimum Gasteiger partial charge on any atom is -0.481 e. The molecule has 9 heteroatoms. The lowest BCUT2D eigenvalue weighted by Gasteiger charge is -2.11. The zero-order chi connectivity index (χ0) is 19.8. The molecule has 2 rings (SSSR count). The van der Waals surface area contributed by atoms with E-state index in [2.05, 4.69) is 19.9 Å². The van der Waals surface area contributed by atoms with Crippen molar-refractivity contribution in [2.45, 2.75) is 0 Å². The SMILES string of the molecule is CN=N/C(C(=O)OC)=C(\N)Oc1ccc(-c2ccc(OC)nc2OC)cc1. The molecule has 0 atom stereocenters. The summed E-state index contributed by atoms with van der Waals surface area (Å²) in [5.74, 6) is 0.324. The molecular formula is C18H20N4O5. The van der Waals surface area contributed by atoms with Crippen LogP contribution in [0.15, 0.2) is 58.2 Å². The Hall–Kier alpha value is -3.62. The predicted molar refractivity (Wildman–Crippen MR) is 97.4 cm³/mol. The van der Waals surface area contributed by atoms with Crippen molar-refractivity contribution in [3.63, 3.8) is 0 Å². The Bertz CT molecular complexity index is 863. The van der Waals surface area contributed by atoms with Gasteiger partial charge in [0.1, 0.15) is 5.75 Å². The Morgan fingerprint density at radius 1 is 1.04 bits per heavy atom. The van der Waals surface area contributed by atoms with Gasteiger partial charge >= 0.3 is 5.97 Å². The Morgan fingerprint density at radius 3 is 2.30 bits per heavy atom. The van der Waals surface area contributed by atoms with Crippen LogP contribution in [0, 0.1) is 0 Å². The van der Waals surface area contributed by atoms with Gasteiger partial charge in [0.25, 0.3) is 0 Å². The first-order chi connectivity index (χ1) is 13.0. The lowest BCUT2D eigenvalue weighted by atomic mass is 10.1. The summed E-state index contributed by atoms with van der Waals surface area (Å²) in [5.41, 5.74) is 7.21. The van der Waals surface area contributed by atoms with Crippen molar-refractivity contribution < 1.29 is 23.7 Å². The Labute approximate surface area is 156 Å². The van der Waals surface area contributed by atoms with Gasteiger partial charge in [-0.25, -0.2) is 4.79 Å². The number of rotatable bonds is 7. The number of pyridine rings is 1. The van der Waals surface area contributed by atoms with E-state index in [0.29, 0.717) is 17.5 Å². The lowest BCUT2D eigenvalue weighted by Crippen LogP contribution is -2.15. The van der Waals surface area contributed by atoms with Gasteiger partial charge in [-0.1, -0.05) is 12.1 Å². The van der Waals surface area contributed by atoms with E-state index in [1.165, 1.54) is 28.4 Å². The average Bonchev–Trinajstić information content (AvgIpc) is 2.71. The molecule has 0 amide bonds. The van der Waals surface area contributed by atoms with Gasteiger partial charge in [0.2, 0.25) is 23.3 Å². The maximum absolute atomic E-state index is 11.7. The number of esters is 1. The highest BCUT2D eigenvalue weighted by Gasteiger charge is 2.16. The molecule has 2 N–H and O–H groups in total. The molecule has 0 aliphatic carbocycles. The number of benzene rings is 1. The first-order valence-corrected chi connectivity index (χ1v) is 7.79. The summed E-state index contributed by atoms with van der Waals surface area (Å²) < 4.78 is 20.5. The van der Waals surface area contributed by atoms with Gasteiger partial charge in [-0.2, -0.15) is 10.1 Å². The molecule has 0 bridgehead atoms. The van der Waals surface area contributed by atoms with Crippen molar-refractivity contribution >= 4 is 5.97 Å². The molecule has 0 saturated carbocycles. The molecular weight excluding hydrogens is 352 g/mol. The number of carbonyl (C=O) groups excluding carboxylic acids is 1. The Balaban J connectivity index is 2.29. The number of ether oxygens (including phenoxy) is 4. The van der Waals surface area contributed by atoms with E-state index >= 15 is 0 Å². The fourth-order valence-corrected chi connectivity index (χ4v) is 2.18. The summed E-state index contributed by atoms with van der Waals surface area (Å²) in [6.45, 7) is 0. The summed E-state index contributed by atoms with van der Waals surface area (Å²) >= 11 is 0. The molecule has 0 unspecified atom stereocenters. The molecule has 1 aromatic carbocycles. The molecule has 27 heavy (non-hydrogen) atoms.